The highest BCUT2D eigenvalue weighted by molar-refractivity contribution is 7.89. The van der Waals surface area contributed by atoms with Crippen LogP contribution in [0, 0.1) is 0 Å². The Labute approximate surface area is 111 Å². The van der Waals surface area contributed by atoms with Crippen LogP contribution in [0.25, 0.3) is 0 Å². The molecule has 1 aromatic carbocycles. The molecule has 1 saturated heterocycles. The van der Waals surface area contributed by atoms with Gasteiger partial charge in [0.25, 0.3) is 0 Å². The Hall–Kier alpha value is -0.965. The van der Waals surface area contributed by atoms with E-state index >= 15 is 0 Å². The SMILES string of the molecule is O=S(=O)(NC1CNCCO1)c1cccc(B(O)O)c1. The van der Waals surface area contributed by atoms with Crippen LogP contribution in [0.5, 0.6) is 0 Å². The van der Waals surface area contributed by atoms with Crippen molar-refractivity contribution in [3.63, 3.8) is 0 Å². The molecule has 1 heterocycles. The monoisotopic (exact) mass is 286 g/mol. The van der Waals surface area contributed by atoms with Gasteiger partial charge in [-0.2, -0.15) is 4.72 Å². The molecule has 0 aliphatic carbocycles. The minimum absolute atomic E-state index is 0.0349. The number of nitrogens with one attached hydrogen (secondary N) is 2. The summed E-state index contributed by atoms with van der Waals surface area (Å²) in [4.78, 5) is -0.0349. The molecule has 2 rings (SSSR count). The quantitative estimate of drug-likeness (QED) is 0.459. The lowest BCUT2D eigenvalue weighted by Gasteiger charge is -2.24. The standard InChI is InChI=1S/C10H15BN2O5S/c14-11(15)8-2-1-3-9(6-8)19(16,17)13-10-7-12-4-5-18-10/h1-3,6,10,12-15H,4-5,7H2. The second-order valence-corrected chi connectivity index (χ2v) is 5.84. The Balaban J connectivity index is 2.16. The fourth-order valence-electron chi connectivity index (χ4n) is 1.72. The van der Waals surface area contributed by atoms with Gasteiger partial charge < -0.3 is 20.1 Å². The van der Waals surface area contributed by atoms with Crippen LogP contribution in [0.1, 0.15) is 0 Å². The van der Waals surface area contributed by atoms with Gasteiger partial charge in [0, 0.05) is 13.1 Å². The van der Waals surface area contributed by atoms with E-state index in [1.54, 1.807) is 0 Å². The van der Waals surface area contributed by atoms with Crippen molar-refractivity contribution in [3.8, 4) is 0 Å². The maximum Gasteiger partial charge on any atom is 0.488 e. The highest BCUT2D eigenvalue weighted by Gasteiger charge is 2.23. The second-order valence-electron chi connectivity index (χ2n) is 4.13. The molecule has 1 atom stereocenters. The Morgan fingerprint density at radius 3 is 2.84 bits per heavy atom. The number of benzene rings is 1. The molecule has 0 saturated carbocycles. The number of morpholine rings is 1. The lowest BCUT2D eigenvalue weighted by Crippen LogP contribution is -2.48. The number of hydrogen-bond acceptors (Lipinski definition) is 6. The molecule has 1 aliphatic heterocycles. The Bertz CT molecular complexity index is 530. The fourth-order valence-corrected chi connectivity index (χ4v) is 2.91. The third kappa shape index (κ3) is 3.75. The van der Waals surface area contributed by atoms with Gasteiger partial charge in [0.1, 0.15) is 6.23 Å². The Morgan fingerprint density at radius 1 is 1.42 bits per heavy atom. The maximum atomic E-state index is 12.1. The molecule has 4 N–H and O–H groups in total. The van der Waals surface area contributed by atoms with Crippen LogP contribution < -0.4 is 15.5 Å². The number of hydrogen-bond donors (Lipinski definition) is 4. The van der Waals surface area contributed by atoms with Gasteiger partial charge >= 0.3 is 7.12 Å². The van der Waals surface area contributed by atoms with Crippen LogP contribution in [0.3, 0.4) is 0 Å². The van der Waals surface area contributed by atoms with E-state index in [2.05, 4.69) is 10.0 Å². The summed E-state index contributed by atoms with van der Waals surface area (Å²) < 4.78 is 31.8. The molecule has 0 amide bonds. The van der Waals surface area contributed by atoms with E-state index in [1.165, 1.54) is 24.3 Å². The summed E-state index contributed by atoms with van der Waals surface area (Å²) >= 11 is 0. The van der Waals surface area contributed by atoms with E-state index in [0.717, 1.165) is 0 Å². The first-order valence-electron chi connectivity index (χ1n) is 5.80. The van der Waals surface area contributed by atoms with Gasteiger partial charge in [-0.1, -0.05) is 12.1 Å². The van der Waals surface area contributed by atoms with Crippen molar-refractivity contribution < 1.29 is 23.2 Å². The molecule has 9 heteroatoms. The molecule has 0 aromatic heterocycles. The smallest absolute Gasteiger partial charge is 0.423 e. The summed E-state index contributed by atoms with van der Waals surface area (Å²) in [6, 6.07) is 5.47. The average Bonchev–Trinajstić information content (AvgIpc) is 2.39. The molecule has 1 fully saturated rings. The third-order valence-corrected chi connectivity index (χ3v) is 4.13. The first kappa shape index (κ1) is 14.4. The first-order valence-corrected chi connectivity index (χ1v) is 7.28. The minimum Gasteiger partial charge on any atom is -0.423 e. The first-order chi connectivity index (χ1) is 8.99. The van der Waals surface area contributed by atoms with Crippen LogP contribution in [-0.4, -0.2) is 51.5 Å². The number of rotatable bonds is 4. The summed E-state index contributed by atoms with van der Waals surface area (Å²) in [5, 5.41) is 21.1. The predicted octanol–water partition coefficient (Wildman–Crippen LogP) is -2.41. The summed E-state index contributed by atoms with van der Waals surface area (Å²) in [6.07, 6.45) is -0.624. The molecular formula is C10H15BN2O5S. The summed E-state index contributed by atoms with van der Waals surface area (Å²) in [6.45, 7) is 1.51. The largest absolute Gasteiger partial charge is 0.488 e. The van der Waals surface area contributed by atoms with E-state index in [-0.39, 0.29) is 10.4 Å². The highest BCUT2D eigenvalue weighted by atomic mass is 32.2. The summed E-state index contributed by atoms with van der Waals surface area (Å²) in [5.41, 5.74) is 0.116. The van der Waals surface area contributed by atoms with Crippen molar-refractivity contribution in [1.29, 1.82) is 0 Å². The van der Waals surface area contributed by atoms with Crippen LogP contribution in [0.2, 0.25) is 0 Å². The average molecular weight is 286 g/mol. The van der Waals surface area contributed by atoms with E-state index in [9.17, 15) is 8.42 Å². The van der Waals surface area contributed by atoms with Crippen molar-refractivity contribution in [2.45, 2.75) is 11.1 Å². The van der Waals surface area contributed by atoms with Crippen LogP contribution in [-0.2, 0) is 14.8 Å². The van der Waals surface area contributed by atoms with Crippen molar-refractivity contribution in [1.82, 2.24) is 10.0 Å². The van der Waals surface area contributed by atoms with Gasteiger partial charge in [-0.05, 0) is 17.6 Å². The zero-order chi connectivity index (χ0) is 13.9. The molecule has 7 nitrogen and oxygen atoms in total. The molecule has 19 heavy (non-hydrogen) atoms. The lowest BCUT2D eigenvalue weighted by atomic mass is 9.81. The molecule has 0 spiro atoms. The molecule has 1 unspecified atom stereocenters. The van der Waals surface area contributed by atoms with Gasteiger partial charge in [-0.3, -0.25) is 0 Å². The third-order valence-electron chi connectivity index (χ3n) is 2.68. The topological polar surface area (TPSA) is 108 Å². The molecule has 1 aromatic rings. The Kier molecular flexibility index (Phi) is 4.56. The Morgan fingerprint density at radius 2 is 2.21 bits per heavy atom. The molecule has 0 bridgehead atoms. The van der Waals surface area contributed by atoms with E-state index in [4.69, 9.17) is 14.8 Å². The predicted molar refractivity (Wildman–Crippen MR) is 69.2 cm³/mol. The van der Waals surface area contributed by atoms with Crippen LogP contribution >= 0.6 is 0 Å². The van der Waals surface area contributed by atoms with Gasteiger partial charge in [0.2, 0.25) is 10.0 Å². The van der Waals surface area contributed by atoms with E-state index in [0.29, 0.717) is 19.7 Å². The number of ether oxygens (including phenoxy) is 1. The lowest BCUT2D eigenvalue weighted by molar-refractivity contribution is 0.0219. The fraction of sp³-hybridized carbons (Fsp3) is 0.400. The zero-order valence-corrected chi connectivity index (χ0v) is 10.9. The van der Waals surface area contributed by atoms with E-state index < -0.39 is 23.4 Å². The van der Waals surface area contributed by atoms with Gasteiger partial charge in [-0.15, -0.1) is 0 Å². The van der Waals surface area contributed by atoms with Crippen molar-refractivity contribution in [2.24, 2.45) is 0 Å². The van der Waals surface area contributed by atoms with Crippen molar-refractivity contribution in [2.75, 3.05) is 19.7 Å². The zero-order valence-electron chi connectivity index (χ0n) is 10.1. The van der Waals surface area contributed by atoms with Crippen LogP contribution in [0.4, 0.5) is 0 Å². The van der Waals surface area contributed by atoms with Crippen molar-refractivity contribution in [3.05, 3.63) is 24.3 Å². The molecule has 0 radical (unpaired) electrons. The highest BCUT2D eigenvalue weighted by Crippen LogP contribution is 2.08. The van der Waals surface area contributed by atoms with Gasteiger partial charge in [0.05, 0.1) is 11.5 Å². The van der Waals surface area contributed by atoms with E-state index in [1.807, 2.05) is 0 Å². The van der Waals surface area contributed by atoms with Crippen molar-refractivity contribution >= 4 is 22.6 Å². The maximum absolute atomic E-state index is 12.1. The van der Waals surface area contributed by atoms with Gasteiger partial charge in [0.15, 0.2) is 0 Å². The minimum atomic E-state index is -3.75. The molecule has 104 valence electrons. The summed E-state index contributed by atoms with van der Waals surface area (Å²) in [7, 11) is -5.46. The normalized spacial score (nSPS) is 20.2. The van der Waals surface area contributed by atoms with Gasteiger partial charge in [-0.25, -0.2) is 8.42 Å². The second kappa shape index (κ2) is 5.99. The molecular weight excluding hydrogens is 271 g/mol. The summed E-state index contributed by atoms with van der Waals surface area (Å²) in [5.74, 6) is 0. The van der Waals surface area contributed by atoms with Crippen LogP contribution in [0.15, 0.2) is 29.2 Å². The number of sulfonamides is 1. The molecule has 1 aliphatic rings.